The number of pyridine rings is 1. The van der Waals surface area contributed by atoms with E-state index >= 15 is 0 Å². The number of nitrogens with zero attached hydrogens (tertiary/aromatic N) is 5. The van der Waals surface area contributed by atoms with Gasteiger partial charge in [0.15, 0.2) is 11.8 Å². The molecule has 3 aromatic rings. The third kappa shape index (κ3) is 7.12. The Morgan fingerprint density at radius 2 is 1.85 bits per heavy atom. The Morgan fingerprint density at radius 3 is 2.61 bits per heavy atom. The van der Waals surface area contributed by atoms with Gasteiger partial charge < -0.3 is 15.2 Å². The van der Waals surface area contributed by atoms with Gasteiger partial charge in [-0.3, -0.25) is 9.88 Å². The Hall–Kier alpha value is -3.26. The molecule has 0 radical (unpaired) electrons. The first kappa shape index (κ1) is 22.9. The molecule has 8 heteroatoms. The predicted octanol–water partition coefficient (Wildman–Crippen LogP) is 3.42. The molecule has 0 atom stereocenters. The second-order valence-electron chi connectivity index (χ2n) is 8.26. The van der Waals surface area contributed by atoms with Gasteiger partial charge >= 0.3 is 0 Å². The number of likely N-dealkylation sites (tertiary alicyclic amines) is 1. The fourth-order valence-corrected chi connectivity index (χ4v) is 3.88. The molecular formula is C25H33N7O. The molecule has 2 N–H and O–H groups in total. The van der Waals surface area contributed by atoms with Crippen LogP contribution in [0.1, 0.15) is 43.1 Å². The van der Waals surface area contributed by atoms with Crippen molar-refractivity contribution in [2.24, 2.45) is 4.99 Å². The summed E-state index contributed by atoms with van der Waals surface area (Å²) < 4.78 is 5.32. The number of benzene rings is 1. The monoisotopic (exact) mass is 447 g/mol. The molecule has 174 valence electrons. The summed E-state index contributed by atoms with van der Waals surface area (Å²) >= 11 is 0. The van der Waals surface area contributed by atoms with Gasteiger partial charge in [-0.25, -0.2) is 4.99 Å². The molecule has 1 aliphatic heterocycles. The van der Waals surface area contributed by atoms with Crippen LogP contribution >= 0.6 is 0 Å². The first-order valence-electron chi connectivity index (χ1n) is 11.9. The van der Waals surface area contributed by atoms with Crippen LogP contribution in [-0.4, -0.2) is 52.2 Å². The van der Waals surface area contributed by atoms with E-state index in [0.29, 0.717) is 36.9 Å². The van der Waals surface area contributed by atoms with Gasteiger partial charge in [0.05, 0.1) is 6.54 Å². The zero-order chi connectivity index (χ0) is 22.7. The molecule has 2 aromatic heterocycles. The number of piperidine rings is 1. The molecule has 1 fully saturated rings. The molecule has 1 saturated heterocycles. The number of nitrogens with one attached hydrogen (secondary N) is 2. The summed E-state index contributed by atoms with van der Waals surface area (Å²) in [5, 5.41) is 10.7. The first-order valence-corrected chi connectivity index (χ1v) is 11.9. The van der Waals surface area contributed by atoms with E-state index in [1.165, 1.54) is 43.5 Å². The normalized spacial score (nSPS) is 14.9. The van der Waals surface area contributed by atoms with Crippen LogP contribution in [-0.2, 0) is 19.5 Å². The Morgan fingerprint density at radius 1 is 1.03 bits per heavy atom. The molecular weight excluding hydrogens is 414 g/mol. The second-order valence-corrected chi connectivity index (χ2v) is 8.26. The molecule has 3 heterocycles. The van der Waals surface area contributed by atoms with E-state index in [4.69, 9.17) is 9.52 Å². The zero-order valence-corrected chi connectivity index (χ0v) is 19.3. The lowest BCUT2D eigenvalue weighted by molar-refractivity contribution is 0.221. The molecule has 0 saturated carbocycles. The Balaban J connectivity index is 1.25. The van der Waals surface area contributed by atoms with Gasteiger partial charge in [-0.15, -0.1) is 0 Å². The minimum atomic E-state index is 0.440. The highest BCUT2D eigenvalue weighted by Gasteiger charge is 2.11. The molecule has 0 amide bonds. The summed E-state index contributed by atoms with van der Waals surface area (Å²) in [6.45, 7) is 7.63. The summed E-state index contributed by atoms with van der Waals surface area (Å²) in [7, 11) is 0. The topological polar surface area (TPSA) is 91.5 Å². The fourth-order valence-electron chi connectivity index (χ4n) is 3.88. The minimum absolute atomic E-state index is 0.440. The Kier molecular flexibility index (Phi) is 8.41. The van der Waals surface area contributed by atoms with Crippen LogP contribution in [0.15, 0.2) is 58.2 Å². The zero-order valence-electron chi connectivity index (χ0n) is 19.3. The molecule has 0 aliphatic carbocycles. The first-order chi connectivity index (χ1) is 16.3. The number of aliphatic imine (C=N–C) groups is 1. The number of hydrogen-bond donors (Lipinski definition) is 2. The van der Waals surface area contributed by atoms with E-state index in [-0.39, 0.29) is 0 Å². The van der Waals surface area contributed by atoms with Gasteiger partial charge in [-0.05, 0) is 56.1 Å². The van der Waals surface area contributed by atoms with E-state index in [1.807, 2.05) is 18.2 Å². The summed E-state index contributed by atoms with van der Waals surface area (Å²) in [5.74, 6) is 1.86. The molecule has 4 rings (SSSR count). The van der Waals surface area contributed by atoms with Crippen molar-refractivity contribution >= 4 is 5.96 Å². The Labute approximate surface area is 195 Å². The van der Waals surface area contributed by atoms with Crippen molar-refractivity contribution in [3.05, 3.63) is 65.6 Å². The average molecular weight is 448 g/mol. The third-order valence-electron chi connectivity index (χ3n) is 5.63. The van der Waals surface area contributed by atoms with Gasteiger partial charge in [0.1, 0.15) is 5.69 Å². The van der Waals surface area contributed by atoms with Crippen molar-refractivity contribution in [1.29, 1.82) is 0 Å². The van der Waals surface area contributed by atoms with Crippen LogP contribution in [0.5, 0.6) is 0 Å². The maximum atomic E-state index is 5.32. The summed E-state index contributed by atoms with van der Waals surface area (Å²) in [6, 6.07) is 14.4. The lowest BCUT2D eigenvalue weighted by Crippen LogP contribution is -2.38. The van der Waals surface area contributed by atoms with Crippen molar-refractivity contribution in [1.82, 2.24) is 30.7 Å². The van der Waals surface area contributed by atoms with Crippen molar-refractivity contribution in [3.8, 4) is 11.6 Å². The van der Waals surface area contributed by atoms with Crippen LogP contribution in [0.3, 0.4) is 0 Å². The smallest absolute Gasteiger partial charge is 0.276 e. The second kappa shape index (κ2) is 12.1. The summed E-state index contributed by atoms with van der Waals surface area (Å²) in [6.07, 6.45) is 6.36. The fraction of sp³-hybridized carbons (Fsp3) is 0.440. The van der Waals surface area contributed by atoms with Crippen molar-refractivity contribution in [3.63, 3.8) is 0 Å². The standard InChI is InChI=1S/C25H33N7O/c1-2-26-25(28-15-13-23-30-24(33-31-23)22-8-4-5-14-27-22)29-18-20-9-11-21(12-10-20)19-32-16-6-3-7-17-32/h4-5,8-12,14H,2-3,6-7,13,15-19H2,1H3,(H2,26,28,29). The van der Waals surface area contributed by atoms with Gasteiger partial charge in [0.2, 0.25) is 0 Å². The van der Waals surface area contributed by atoms with E-state index in [1.54, 1.807) is 6.20 Å². The molecule has 0 bridgehead atoms. The van der Waals surface area contributed by atoms with E-state index in [0.717, 1.165) is 19.0 Å². The highest BCUT2D eigenvalue weighted by molar-refractivity contribution is 5.79. The van der Waals surface area contributed by atoms with Crippen molar-refractivity contribution < 1.29 is 4.52 Å². The largest absolute Gasteiger partial charge is 0.357 e. The van der Waals surface area contributed by atoms with Crippen LogP contribution < -0.4 is 10.6 Å². The maximum absolute atomic E-state index is 5.32. The number of hydrogen-bond acceptors (Lipinski definition) is 6. The SMILES string of the molecule is CCNC(=NCc1ccc(CN2CCCCC2)cc1)NCCc1noc(-c2ccccn2)n1. The van der Waals surface area contributed by atoms with Gasteiger partial charge in [-0.2, -0.15) is 4.98 Å². The van der Waals surface area contributed by atoms with E-state index in [9.17, 15) is 0 Å². The van der Waals surface area contributed by atoms with Crippen LogP contribution in [0.4, 0.5) is 0 Å². The highest BCUT2D eigenvalue weighted by atomic mass is 16.5. The Bertz CT molecular complexity index is 995. The molecule has 1 aromatic carbocycles. The van der Waals surface area contributed by atoms with Crippen LogP contribution in [0.2, 0.25) is 0 Å². The highest BCUT2D eigenvalue weighted by Crippen LogP contribution is 2.14. The molecule has 0 spiro atoms. The van der Waals surface area contributed by atoms with Crippen molar-refractivity contribution in [2.45, 2.75) is 45.7 Å². The molecule has 8 nitrogen and oxygen atoms in total. The summed E-state index contributed by atoms with van der Waals surface area (Å²) in [5.41, 5.74) is 3.26. The number of rotatable bonds is 9. The van der Waals surface area contributed by atoms with Gasteiger partial charge in [0, 0.05) is 32.3 Å². The number of aromatic nitrogens is 3. The van der Waals surface area contributed by atoms with Crippen LogP contribution in [0, 0.1) is 0 Å². The molecule has 1 aliphatic rings. The predicted molar refractivity (Wildman–Crippen MR) is 130 cm³/mol. The lowest BCUT2D eigenvalue weighted by Gasteiger charge is -2.26. The van der Waals surface area contributed by atoms with E-state index < -0.39 is 0 Å². The number of guanidine groups is 1. The van der Waals surface area contributed by atoms with E-state index in [2.05, 4.69) is 61.8 Å². The molecule has 33 heavy (non-hydrogen) atoms. The average Bonchev–Trinajstić information content (AvgIpc) is 3.34. The third-order valence-corrected chi connectivity index (χ3v) is 5.63. The van der Waals surface area contributed by atoms with Gasteiger partial charge in [0.25, 0.3) is 5.89 Å². The van der Waals surface area contributed by atoms with Crippen molar-refractivity contribution in [2.75, 3.05) is 26.2 Å². The summed E-state index contributed by atoms with van der Waals surface area (Å²) in [4.78, 5) is 15.9. The minimum Gasteiger partial charge on any atom is -0.357 e. The molecule has 0 unspecified atom stereocenters. The van der Waals surface area contributed by atoms with Crippen LogP contribution in [0.25, 0.3) is 11.6 Å². The maximum Gasteiger partial charge on any atom is 0.276 e. The van der Waals surface area contributed by atoms with Gasteiger partial charge in [-0.1, -0.05) is 41.9 Å². The lowest BCUT2D eigenvalue weighted by atomic mass is 10.1. The quantitative estimate of drug-likeness (QED) is 0.384.